The SMILES string of the molecule is Cc1ccc([C@H](C)NC(=O)N[C@H](C)c2ncc(-c3ccccc3)o2)o1. The zero-order valence-corrected chi connectivity index (χ0v) is 14.4. The predicted octanol–water partition coefficient (Wildman–Crippen LogP) is 4.36. The van der Waals surface area contributed by atoms with Crippen molar-refractivity contribution in [3.63, 3.8) is 0 Å². The van der Waals surface area contributed by atoms with Crippen LogP contribution in [0.15, 0.2) is 57.5 Å². The Bertz CT molecular complexity index is 838. The van der Waals surface area contributed by atoms with Gasteiger partial charge < -0.3 is 19.5 Å². The van der Waals surface area contributed by atoms with E-state index in [0.29, 0.717) is 17.4 Å². The maximum atomic E-state index is 12.2. The van der Waals surface area contributed by atoms with Crippen LogP contribution in [-0.4, -0.2) is 11.0 Å². The van der Waals surface area contributed by atoms with Crippen LogP contribution in [0.25, 0.3) is 11.3 Å². The largest absolute Gasteiger partial charge is 0.464 e. The van der Waals surface area contributed by atoms with E-state index in [1.54, 1.807) is 6.20 Å². The Morgan fingerprint density at radius 2 is 1.72 bits per heavy atom. The van der Waals surface area contributed by atoms with Crippen molar-refractivity contribution < 1.29 is 13.6 Å². The minimum absolute atomic E-state index is 0.231. The Balaban J connectivity index is 1.59. The van der Waals surface area contributed by atoms with Gasteiger partial charge in [0.1, 0.15) is 17.6 Å². The molecular formula is C19H21N3O3. The molecule has 3 aromatic rings. The van der Waals surface area contributed by atoms with Crippen molar-refractivity contribution in [2.75, 3.05) is 0 Å². The molecule has 6 heteroatoms. The van der Waals surface area contributed by atoms with Gasteiger partial charge in [0, 0.05) is 5.56 Å². The van der Waals surface area contributed by atoms with E-state index in [9.17, 15) is 4.79 Å². The molecule has 2 atom stereocenters. The molecule has 0 aliphatic rings. The number of furan rings is 1. The minimum Gasteiger partial charge on any atom is -0.464 e. The number of amides is 2. The lowest BCUT2D eigenvalue weighted by Crippen LogP contribution is -2.38. The second-order valence-electron chi connectivity index (χ2n) is 5.94. The van der Waals surface area contributed by atoms with Gasteiger partial charge in [0.15, 0.2) is 5.76 Å². The maximum Gasteiger partial charge on any atom is 0.316 e. The van der Waals surface area contributed by atoms with Crippen LogP contribution in [0.3, 0.4) is 0 Å². The third-order valence-electron chi connectivity index (χ3n) is 3.84. The second-order valence-corrected chi connectivity index (χ2v) is 5.94. The van der Waals surface area contributed by atoms with Crippen molar-refractivity contribution in [3.05, 3.63) is 66.1 Å². The Labute approximate surface area is 146 Å². The van der Waals surface area contributed by atoms with Gasteiger partial charge >= 0.3 is 6.03 Å². The monoisotopic (exact) mass is 339 g/mol. The molecule has 0 bridgehead atoms. The number of benzene rings is 1. The van der Waals surface area contributed by atoms with Gasteiger partial charge in [-0.15, -0.1) is 0 Å². The van der Waals surface area contributed by atoms with Crippen LogP contribution in [0.1, 0.15) is 43.3 Å². The molecule has 25 heavy (non-hydrogen) atoms. The number of carbonyl (C=O) groups is 1. The van der Waals surface area contributed by atoms with Crippen LogP contribution in [0.4, 0.5) is 4.79 Å². The van der Waals surface area contributed by atoms with E-state index in [1.165, 1.54) is 0 Å². The first-order valence-corrected chi connectivity index (χ1v) is 8.17. The standard InChI is InChI=1S/C19H21N3O3/c1-12-9-10-16(24-12)13(2)21-19(23)22-14(3)18-20-11-17(25-18)15-7-5-4-6-8-15/h4-11,13-14H,1-3H3,(H2,21,22,23)/t13-,14+/m0/s1. The number of hydrogen-bond donors (Lipinski definition) is 2. The Kier molecular flexibility index (Phi) is 4.88. The summed E-state index contributed by atoms with van der Waals surface area (Å²) < 4.78 is 11.3. The summed E-state index contributed by atoms with van der Waals surface area (Å²) in [7, 11) is 0. The molecule has 0 saturated carbocycles. The van der Waals surface area contributed by atoms with Crippen molar-refractivity contribution in [3.8, 4) is 11.3 Å². The first-order chi connectivity index (χ1) is 12.0. The first-order valence-electron chi connectivity index (χ1n) is 8.17. The third-order valence-corrected chi connectivity index (χ3v) is 3.84. The number of hydrogen-bond acceptors (Lipinski definition) is 4. The van der Waals surface area contributed by atoms with Gasteiger partial charge in [-0.3, -0.25) is 0 Å². The molecule has 0 spiro atoms. The Hall–Kier alpha value is -3.02. The number of nitrogens with one attached hydrogen (secondary N) is 2. The molecule has 0 aliphatic carbocycles. The second kappa shape index (κ2) is 7.25. The van der Waals surface area contributed by atoms with Crippen LogP contribution in [0, 0.1) is 6.92 Å². The Morgan fingerprint density at radius 1 is 1.00 bits per heavy atom. The first kappa shape index (κ1) is 16.8. The number of oxazole rings is 1. The topological polar surface area (TPSA) is 80.3 Å². The van der Waals surface area contributed by atoms with E-state index >= 15 is 0 Å². The fraction of sp³-hybridized carbons (Fsp3) is 0.263. The highest BCUT2D eigenvalue weighted by Gasteiger charge is 2.18. The molecule has 3 rings (SSSR count). The van der Waals surface area contributed by atoms with Crippen LogP contribution in [0.2, 0.25) is 0 Å². The van der Waals surface area contributed by atoms with Gasteiger partial charge in [0.05, 0.1) is 12.2 Å². The maximum absolute atomic E-state index is 12.2. The molecule has 0 radical (unpaired) electrons. The molecule has 0 unspecified atom stereocenters. The summed E-state index contributed by atoms with van der Waals surface area (Å²) in [4.78, 5) is 16.4. The zero-order valence-electron chi connectivity index (χ0n) is 14.4. The van der Waals surface area contributed by atoms with Crippen LogP contribution in [0.5, 0.6) is 0 Å². The summed E-state index contributed by atoms with van der Waals surface area (Å²) in [6.45, 7) is 5.55. The lowest BCUT2D eigenvalue weighted by Gasteiger charge is -2.15. The van der Waals surface area contributed by atoms with Gasteiger partial charge in [-0.05, 0) is 32.9 Å². The normalized spacial score (nSPS) is 13.2. The number of aryl methyl sites for hydroxylation is 1. The molecule has 2 aromatic heterocycles. The number of aromatic nitrogens is 1. The van der Waals surface area contributed by atoms with Crippen molar-refractivity contribution in [2.45, 2.75) is 32.9 Å². The van der Waals surface area contributed by atoms with Crippen LogP contribution in [-0.2, 0) is 0 Å². The quantitative estimate of drug-likeness (QED) is 0.723. The van der Waals surface area contributed by atoms with Crippen LogP contribution >= 0.6 is 0 Å². The summed E-state index contributed by atoms with van der Waals surface area (Å²) in [5, 5.41) is 5.66. The summed E-state index contributed by atoms with van der Waals surface area (Å²) in [5.41, 5.74) is 0.944. The van der Waals surface area contributed by atoms with Gasteiger partial charge in [-0.2, -0.15) is 0 Å². The number of carbonyl (C=O) groups excluding carboxylic acids is 1. The molecule has 0 fully saturated rings. The van der Waals surface area contributed by atoms with Gasteiger partial charge in [-0.1, -0.05) is 30.3 Å². The highest BCUT2D eigenvalue weighted by Crippen LogP contribution is 2.22. The van der Waals surface area contributed by atoms with Gasteiger partial charge in [0.2, 0.25) is 5.89 Å². The van der Waals surface area contributed by atoms with E-state index in [2.05, 4.69) is 15.6 Å². The van der Waals surface area contributed by atoms with Crippen molar-refractivity contribution in [1.82, 2.24) is 15.6 Å². The third kappa shape index (κ3) is 4.09. The van der Waals surface area contributed by atoms with E-state index in [1.807, 2.05) is 63.2 Å². The fourth-order valence-electron chi connectivity index (χ4n) is 2.48. The fourth-order valence-corrected chi connectivity index (χ4v) is 2.48. The highest BCUT2D eigenvalue weighted by atomic mass is 16.4. The average molecular weight is 339 g/mol. The smallest absolute Gasteiger partial charge is 0.316 e. The van der Waals surface area contributed by atoms with Gasteiger partial charge in [0.25, 0.3) is 0 Å². The van der Waals surface area contributed by atoms with Gasteiger partial charge in [-0.25, -0.2) is 9.78 Å². The highest BCUT2D eigenvalue weighted by molar-refractivity contribution is 5.74. The molecule has 1 aromatic carbocycles. The number of rotatable bonds is 5. The van der Waals surface area contributed by atoms with E-state index in [-0.39, 0.29) is 18.1 Å². The van der Waals surface area contributed by atoms with E-state index < -0.39 is 0 Å². The summed E-state index contributed by atoms with van der Waals surface area (Å²) in [6.07, 6.45) is 1.66. The van der Waals surface area contributed by atoms with Crippen molar-refractivity contribution in [2.24, 2.45) is 0 Å². The Morgan fingerprint density at radius 3 is 2.40 bits per heavy atom. The predicted molar refractivity (Wildman–Crippen MR) is 93.9 cm³/mol. The lowest BCUT2D eigenvalue weighted by atomic mass is 10.2. The summed E-state index contributed by atoms with van der Waals surface area (Å²) in [5.74, 6) is 2.65. The molecular weight excluding hydrogens is 318 g/mol. The molecule has 130 valence electrons. The van der Waals surface area contributed by atoms with E-state index in [0.717, 1.165) is 11.3 Å². The zero-order chi connectivity index (χ0) is 17.8. The summed E-state index contributed by atoms with van der Waals surface area (Å²) in [6, 6.07) is 12.5. The van der Waals surface area contributed by atoms with Crippen LogP contribution < -0.4 is 10.6 Å². The molecule has 2 N–H and O–H groups in total. The lowest BCUT2D eigenvalue weighted by molar-refractivity contribution is 0.231. The van der Waals surface area contributed by atoms with Crippen molar-refractivity contribution in [1.29, 1.82) is 0 Å². The molecule has 0 saturated heterocycles. The average Bonchev–Trinajstić information content (AvgIpc) is 3.24. The molecule has 0 aliphatic heterocycles. The molecule has 2 amide bonds. The van der Waals surface area contributed by atoms with E-state index in [4.69, 9.17) is 8.83 Å². The number of urea groups is 1. The summed E-state index contributed by atoms with van der Waals surface area (Å²) >= 11 is 0. The molecule has 6 nitrogen and oxygen atoms in total. The molecule has 2 heterocycles. The minimum atomic E-state index is -0.358. The number of nitrogens with zero attached hydrogens (tertiary/aromatic N) is 1. The van der Waals surface area contributed by atoms with Crippen molar-refractivity contribution >= 4 is 6.03 Å².